The van der Waals surface area contributed by atoms with Crippen LogP contribution in [0.5, 0.6) is 11.5 Å². The standard InChI is InChI=1S/C40H52Cl2N6O7S/c1-5-55-33-24-34(54-4)35(56(51,52)48-17-7-6-8-18-48)23-32(33)40(39(50)47-21-19-46(20-22-47)26-36(49)43-25-27(2)53-3)44-37(28-9-13-30(41)14-10-28)38(45-40)29-11-15-31(42)16-12-29/h9-16,23-24,27,37-38,44-45H,5-8,17-22,25-26H2,1-4H3,(H,43,49)/t27?,37-,38+,40?. The summed E-state index contributed by atoms with van der Waals surface area (Å²) < 4.78 is 47.6. The molecule has 304 valence electrons. The predicted octanol–water partition coefficient (Wildman–Crippen LogP) is 4.70. The predicted molar refractivity (Wildman–Crippen MR) is 216 cm³/mol. The number of halogens is 2. The minimum atomic E-state index is -4.05. The highest BCUT2D eigenvalue weighted by Crippen LogP contribution is 2.47. The molecule has 0 aliphatic carbocycles. The van der Waals surface area contributed by atoms with Crippen molar-refractivity contribution in [3.8, 4) is 11.5 Å². The zero-order valence-electron chi connectivity index (χ0n) is 32.4. The summed E-state index contributed by atoms with van der Waals surface area (Å²) in [4.78, 5) is 32.0. The van der Waals surface area contributed by atoms with Crippen LogP contribution >= 0.6 is 23.2 Å². The maximum atomic E-state index is 15.5. The fourth-order valence-electron chi connectivity index (χ4n) is 7.62. The van der Waals surface area contributed by atoms with E-state index >= 15 is 4.79 Å². The molecular formula is C40H52Cl2N6O7S. The SMILES string of the molecule is CCOc1cc(OC)c(S(=O)(=O)N2CCCCC2)cc1C1(C(=O)N2CCN(CC(=O)NCC(C)OC)CC2)N[C@H](c2ccc(Cl)cc2)[C@H](c2ccc(Cl)cc2)N1. The highest BCUT2D eigenvalue weighted by molar-refractivity contribution is 7.89. The molecule has 3 aromatic rings. The molecule has 0 radical (unpaired) electrons. The van der Waals surface area contributed by atoms with E-state index in [1.54, 1.807) is 42.3 Å². The highest BCUT2D eigenvalue weighted by Gasteiger charge is 2.55. The van der Waals surface area contributed by atoms with Crippen LogP contribution in [0.15, 0.2) is 65.6 Å². The average molecular weight is 832 g/mol. The van der Waals surface area contributed by atoms with Crippen molar-refractivity contribution in [2.24, 2.45) is 0 Å². The summed E-state index contributed by atoms with van der Waals surface area (Å²) in [7, 11) is -1.02. The van der Waals surface area contributed by atoms with Crippen molar-refractivity contribution in [1.29, 1.82) is 0 Å². The van der Waals surface area contributed by atoms with Gasteiger partial charge in [-0.25, -0.2) is 8.42 Å². The van der Waals surface area contributed by atoms with Gasteiger partial charge in [0.1, 0.15) is 16.4 Å². The zero-order valence-corrected chi connectivity index (χ0v) is 34.7. The van der Waals surface area contributed by atoms with E-state index in [2.05, 4.69) is 16.0 Å². The molecule has 13 nitrogen and oxygen atoms in total. The van der Waals surface area contributed by atoms with Gasteiger partial charge >= 0.3 is 0 Å². The van der Waals surface area contributed by atoms with Crippen molar-refractivity contribution in [2.75, 3.05) is 73.2 Å². The normalized spacial score (nSPS) is 22.8. The van der Waals surface area contributed by atoms with Gasteiger partial charge in [-0.3, -0.25) is 25.1 Å². The highest BCUT2D eigenvalue weighted by atomic mass is 35.5. The Hall–Kier alpha value is -3.47. The summed E-state index contributed by atoms with van der Waals surface area (Å²) in [5.74, 6) is -0.0255. The van der Waals surface area contributed by atoms with Gasteiger partial charge in [-0.05, 0) is 68.1 Å². The Morgan fingerprint density at radius 1 is 0.857 bits per heavy atom. The number of nitrogens with one attached hydrogen (secondary N) is 3. The van der Waals surface area contributed by atoms with Crippen molar-refractivity contribution >= 4 is 45.0 Å². The quantitative estimate of drug-likeness (QED) is 0.210. The van der Waals surface area contributed by atoms with Crippen molar-refractivity contribution in [2.45, 2.75) is 61.9 Å². The molecule has 0 saturated carbocycles. The number of benzene rings is 3. The molecule has 3 heterocycles. The van der Waals surface area contributed by atoms with E-state index in [-0.39, 0.29) is 41.7 Å². The Morgan fingerprint density at radius 3 is 1.95 bits per heavy atom. The summed E-state index contributed by atoms with van der Waals surface area (Å²) in [5.41, 5.74) is 0.309. The fraction of sp³-hybridized carbons (Fsp3) is 0.500. The van der Waals surface area contributed by atoms with Crippen LogP contribution < -0.4 is 25.4 Å². The van der Waals surface area contributed by atoms with E-state index in [0.29, 0.717) is 67.2 Å². The molecule has 4 atom stereocenters. The molecule has 0 bridgehead atoms. The molecule has 3 aliphatic rings. The summed E-state index contributed by atoms with van der Waals surface area (Å²) in [5, 5.41) is 11.4. The van der Waals surface area contributed by atoms with E-state index < -0.39 is 27.8 Å². The Balaban J connectivity index is 1.45. The summed E-state index contributed by atoms with van der Waals surface area (Å²) in [6.07, 6.45) is 2.34. The van der Waals surface area contributed by atoms with Crippen molar-refractivity contribution in [3.05, 3.63) is 87.4 Å². The lowest BCUT2D eigenvalue weighted by Crippen LogP contribution is -2.62. The van der Waals surface area contributed by atoms with Crippen LogP contribution in [0.3, 0.4) is 0 Å². The van der Waals surface area contributed by atoms with Crippen LogP contribution in [0.1, 0.15) is 61.9 Å². The number of piperidine rings is 1. The van der Waals surface area contributed by atoms with Crippen LogP contribution in [0.25, 0.3) is 0 Å². The van der Waals surface area contributed by atoms with Gasteiger partial charge in [0.05, 0.1) is 38.4 Å². The molecule has 2 unspecified atom stereocenters. The average Bonchev–Trinajstić information content (AvgIpc) is 3.62. The van der Waals surface area contributed by atoms with Gasteiger partial charge in [0.15, 0.2) is 5.66 Å². The number of ether oxygens (including phenoxy) is 3. The smallest absolute Gasteiger partial charge is 0.262 e. The zero-order chi connectivity index (χ0) is 40.0. The minimum Gasteiger partial charge on any atom is -0.495 e. The molecule has 6 rings (SSSR count). The molecular weight excluding hydrogens is 779 g/mol. The van der Waals surface area contributed by atoms with Gasteiger partial charge in [-0.2, -0.15) is 4.31 Å². The van der Waals surface area contributed by atoms with Crippen molar-refractivity contribution in [1.82, 2.24) is 30.1 Å². The van der Waals surface area contributed by atoms with E-state index in [1.807, 2.05) is 43.0 Å². The lowest BCUT2D eigenvalue weighted by molar-refractivity contribution is -0.141. The first-order chi connectivity index (χ1) is 26.9. The lowest BCUT2D eigenvalue weighted by atomic mass is 9.95. The van der Waals surface area contributed by atoms with Gasteiger partial charge in [0.25, 0.3) is 5.91 Å². The Bertz CT molecular complexity index is 1890. The molecule has 16 heteroatoms. The molecule has 3 aliphatic heterocycles. The maximum absolute atomic E-state index is 15.5. The minimum absolute atomic E-state index is 0.0484. The van der Waals surface area contributed by atoms with Crippen LogP contribution in [-0.4, -0.2) is 114 Å². The van der Waals surface area contributed by atoms with E-state index in [1.165, 1.54) is 17.5 Å². The number of hydrogen-bond donors (Lipinski definition) is 3. The van der Waals surface area contributed by atoms with Gasteiger partial charge in [0, 0.05) is 74.6 Å². The molecule has 2 amide bonds. The second kappa shape index (κ2) is 18.4. The third-order valence-electron chi connectivity index (χ3n) is 10.8. The van der Waals surface area contributed by atoms with Gasteiger partial charge < -0.3 is 24.4 Å². The molecule has 3 aromatic carbocycles. The Morgan fingerprint density at radius 2 is 1.43 bits per heavy atom. The van der Waals surface area contributed by atoms with Crippen molar-refractivity contribution in [3.63, 3.8) is 0 Å². The first-order valence-corrected chi connectivity index (χ1v) is 21.3. The number of nitrogens with zero attached hydrogens (tertiary/aromatic N) is 3. The lowest BCUT2D eigenvalue weighted by Gasteiger charge is -2.40. The van der Waals surface area contributed by atoms with Gasteiger partial charge in [0.2, 0.25) is 15.9 Å². The molecule has 3 N–H and O–H groups in total. The maximum Gasteiger partial charge on any atom is 0.262 e. The second-order valence-corrected chi connectivity index (χ2v) is 17.2. The number of carbonyl (C=O) groups is 2. The monoisotopic (exact) mass is 830 g/mol. The number of sulfonamides is 1. The van der Waals surface area contributed by atoms with Crippen LogP contribution in [0.2, 0.25) is 10.0 Å². The third kappa shape index (κ3) is 9.13. The fourth-order valence-corrected chi connectivity index (χ4v) is 9.55. The number of methoxy groups -OCH3 is 2. The molecule has 3 fully saturated rings. The first-order valence-electron chi connectivity index (χ1n) is 19.1. The molecule has 0 aromatic heterocycles. The second-order valence-electron chi connectivity index (χ2n) is 14.4. The first kappa shape index (κ1) is 42.1. The third-order valence-corrected chi connectivity index (χ3v) is 13.2. The van der Waals surface area contributed by atoms with E-state index in [4.69, 9.17) is 37.4 Å². The van der Waals surface area contributed by atoms with Crippen LogP contribution in [0, 0.1) is 0 Å². The van der Waals surface area contributed by atoms with Crippen LogP contribution in [-0.2, 0) is 30.0 Å². The molecule has 56 heavy (non-hydrogen) atoms. The molecule has 3 saturated heterocycles. The number of carbonyl (C=O) groups excluding carboxylic acids is 2. The number of amides is 2. The van der Waals surface area contributed by atoms with E-state index in [9.17, 15) is 13.2 Å². The number of rotatable bonds is 14. The summed E-state index contributed by atoms with van der Waals surface area (Å²) in [6, 6.07) is 16.9. The van der Waals surface area contributed by atoms with Gasteiger partial charge in [-0.1, -0.05) is 53.9 Å². The topological polar surface area (TPSA) is 142 Å². The largest absolute Gasteiger partial charge is 0.495 e. The summed E-state index contributed by atoms with van der Waals surface area (Å²) >= 11 is 12.7. The van der Waals surface area contributed by atoms with Crippen molar-refractivity contribution < 1.29 is 32.2 Å². The van der Waals surface area contributed by atoms with E-state index in [0.717, 1.165) is 30.4 Å². The number of hydrogen-bond acceptors (Lipinski definition) is 10. The van der Waals surface area contributed by atoms with Crippen LogP contribution in [0.4, 0.5) is 0 Å². The Kier molecular flexibility index (Phi) is 13.9. The number of piperazine rings is 1. The molecule has 0 spiro atoms. The Labute approximate surface area is 340 Å². The van der Waals surface area contributed by atoms with Gasteiger partial charge in [-0.15, -0.1) is 0 Å². The summed E-state index contributed by atoms with van der Waals surface area (Å²) in [6.45, 7) is 6.85.